The summed E-state index contributed by atoms with van der Waals surface area (Å²) in [5, 5.41) is 8.48. The van der Waals surface area contributed by atoms with Gasteiger partial charge in [0.05, 0.1) is 12.2 Å². The first-order valence-corrected chi connectivity index (χ1v) is 8.68. The summed E-state index contributed by atoms with van der Waals surface area (Å²) in [6.45, 7) is 6.67. The molecule has 0 rings (SSSR count). The van der Waals surface area contributed by atoms with Crippen LogP contribution in [0.2, 0.25) is 0 Å². The van der Waals surface area contributed by atoms with Gasteiger partial charge in [-0.1, -0.05) is 21.6 Å². The van der Waals surface area contributed by atoms with Crippen LogP contribution in [0.25, 0.3) is 0 Å². The highest BCUT2D eigenvalue weighted by Gasteiger charge is 2.18. The molecule has 3 N–H and O–H groups in total. The van der Waals surface area contributed by atoms with Crippen molar-refractivity contribution in [1.82, 2.24) is 0 Å². The number of hydrogen-bond acceptors (Lipinski definition) is 5. The molecule has 0 amide bonds. The summed E-state index contributed by atoms with van der Waals surface area (Å²) in [5.74, 6) is 1.17. The Morgan fingerprint density at radius 1 is 1.39 bits per heavy atom. The predicted molar refractivity (Wildman–Crippen MR) is 80.1 cm³/mol. The third-order valence-corrected chi connectivity index (χ3v) is 4.72. The fourth-order valence-corrected chi connectivity index (χ4v) is 3.50. The lowest BCUT2D eigenvalue weighted by molar-refractivity contribution is -0.137. The normalized spacial score (nSPS) is 13.6. The summed E-state index contributed by atoms with van der Waals surface area (Å²) >= 11 is 0. The molecular weight excluding hydrogens is 270 g/mol. The lowest BCUT2D eigenvalue weighted by atomic mass is 10.1. The summed E-state index contributed by atoms with van der Waals surface area (Å²) in [6.07, 6.45) is 1.96. The van der Waals surface area contributed by atoms with Crippen molar-refractivity contribution in [1.29, 1.82) is 0 Å². The van der Waals surface area contributed by atoms with Crippen molar-refractivity contribution >= 4 is 27.6 Å². The van der Waals surface area contributed by atoms with Crippen molar-refractivity contribution in [2.24, 2.45) is 5.73 Å². The van der Waals surface area contributed by atoms with E-state index in [0.717, 1.165) is 24.3 Å². The molecule has 0 bridgehead atoms. The van der Waals surface area contributed by atoms with Crippen LogP contribution in [-0.2, 0) is 9.53 Å². The Labute approximate surface area is 118 Å². The molecule has 6 heteroatoms. The molecule has 0 aromatic rings. The number of hydrogen-bond donors (Lipinski definition) is 2. The van der Waals surface area contributed by atoms with E-state index >= 15 is 0 Å². The maximum Gasteiger partial charge on any atom is 0.303 e. The number of carboxylic acid groups (broad SMARTS) is 1. The van der Waals surface area contributed by atoms with Gasteiger partial charge in [0, 0.05) is 24.0 Å². The van der Waals surface area contributed by atoms with E-state index in [9.17, 15) is 4.79 Å². The first-order chi connectivity index (χ1) is 8.33. The highest BCUT2D eigenvalue weighted by Crippen LogP contribution is 2.26. The largest absolute Gasteiger partial charge is 0.481 e. The molecule has 18 heavy (non-hydrogen) atoms. The second-order valence-electron chi connectivity index (χ2n) is 4.94. The summed E-state index contributed by atoms with van der Waals surface area (Å²) in [7, 11) is 3.51. The van der Waals surface area contributed by atoms with Crippen LogP contribution in [-0.4, -0.2) is 40.8 Å². The fourth-order valence-electron chi connectivity index (χ4n) is 1.12. The third-order valence-electron chi connectivity index (χ3n) is 2.23. The number of nitrogens with two attached hydrogens (primary N) is 1. The Bertz CT molecular complexity index is 235. The maximum absolute atomic E-state index is 10.3. The average molecular weight is 295 g/mol. The van der Waals surface area contributed by atoms with Crippen molar-refractivity contribution in [2.75, 3.05) is 18.1 Å². The van der Waals surface area contributed by atoms with Crippen LogP contribution in [0, 0.1) is 0 Å². The summed E-state index contributed by atoms with van der Waals surface area (Å²) in [6, 6.07) is 0.0716. The second kappa shape index (κ2) is 9.95. The standard InChI is InChI=1S/C12H25NO3S2/c1-10(13)9-16-12(2,3)6-8-18-17-7-4-5-11(14)15/h10H,4-9,13H2,1-3H3,(H,14,15). The Hall–Kier alpha value is 0.0900. The topological polar surface area (TPSA) is 72.5 Å². The minimum absolute atomic E-state index is 0.0716. The molecule has 108 valence electrons. The molecule has 0 aliphatic carbocycles. The molecule has 0 aromatic carbocycles. The van der Waals surface area contributed by atoms with Crippen LogP contribution < -0.4 is 5.73 Å². The van der Waals surface area contributed by atoms with Gasteiger partial charge in [0.25, 0.3) is 0 Å². The van der Waals surface area contributed by atoms with Gasteiger partial charge in [-0.25, -0.2) is 0 Å². The van der Waals surface area contributed by atoms with Gasteiger partial charge in [0.1, 0.15) is 0 Å². The Balaban J connectivity index is 3.43. The zero-order valence-corrected chi connectivity index (χ0v) is 13.1. The van der Waals surface area contributed by atoms with Gasteiger partial charge in [0.15, 0.2) is 0 Å². The van der Waals surface area contributed by atoms with Gasteiger partial charge in [-0.2, -0.15) is 0 Å². The molecular formula is C12H25NO3S2. The second-order valence-corrected chi connectivity index (χ2v) is 7.64. The van der Waals surface area contributed by atoms with Crippen LogP contribution >= 0.6 is 21.6 Å². The number of ether oxygens (including phenoxy) is 1. The van der Waals surface area contributed by atoms with Crippen molar-refractivity contribution in [2.45, 2.75) is 51.7 Å². The number of carbonyl (C=O) groups is 1. The molecule has 0 saturated heterocycles. The smallest absolute Gasteiger partial charge is 0.303 e. The SMILES string of the molecule is CC(N)COC(C)(C)CCSSCCCC(=O)O. The van der Waals surface area contributed by atoms with Crippen LogP contribution in [0.4, 0.5) is 0 Å². The predicted octanol–water partition coefficient (Wildman–Crippen LogP) is 2.77. The van der Waals surface area contributed by atoms with E-state index in [1.165, 1.54) is 0 Å². The molecule has 0 aliphatic heterocycles. The number of aliphatic carboxylic acids is 1. The van der Waals surface area contributed by atoms with Crippen molar-refractivity contribution in [3.63, 3.8) is 0 Å². The van der Waals surface area contributed by atoms with E-state index in [0.29, 0.717) is 6.61 Å². The summed E-state index contributed by atoms with van der Waals surface area (Å²) < 4.78 is 5.72. The Morgan fingerprint density at radius 3 is 2.56 bits per heavy atom. The molecule has 0 aromatic heterocycles. The van der Waals surface area contributed by atoms with E-state index < -0.39 is 5.97 Å². The Kier molecular flexibility index (Phi) is 10.00. The van der Waals surface area contributed by atoms with Crippen molar-refractivity contribution < 1.29 is 14.6 Å². The first-order valence-electron chi connectivity index (χ1n) is 6.19. The molecule has 4 nitrogen and oxygen atoms in total. The minimum atomic E-state index is -0.717. The molecule has 1 atom stereocenters. The fraction of sp³-hybridized carbons (Fsp3) is 0.917. The van der Waals surface area contributed by atoms with Crippen LogP contribution in [0.5, 0.6) is 0 Å². The Morgan fingerprint density at radius 2 is 2.00 bits per heavy atom. The lowest BCUT2D eigenvalue weighted by Gasteiger charge is -2.26. The van der Waals surface area contributed by atoms with Crippen LogP contribution in [0.3, 0.4) is 0 Å². The van der Waals surface area contributed by atoms with Gasteiger partial charge >= 0.3 is 5.97 Å². The van der Waals surface area contributed by atoms with Gasteiger partial charge in [-0.3, -0.25) is 4.79 Å². The highest BCUT2D eigenvalue weighted by molar-refractivity contribution is 8.76. The van der Waals surface area contributed by atoms with Gasteiger partial charge in [0.2, 0.25) is 0 Å². The molecule has 0 spiro atoms. The molecule has 0 aliphatic rings. The highest BCUT2D eigenvalue weighted by atomic mass is 33.1. The summed E-state index contributed by atoms with van der Waals surface area (Å²) in [5.41, 5.74) is 5.51. The zero-order chi connectivity index (χ0) is 14.0. The number of carboxylic acids is 1. The van der Waals surface area contributed by atoms with Crippen molar-refractivity contribution in [3.05, 3.63) is 0 Å². The summed E-state index contributed by atoms with van der Waals surface area (Å²) in [4.78, 5) is 10.3. The van der Waals surface area contributed by atoms with Crippen LogP contribution in [0.1, 0.15) is 40.0 Å². The van der Waals surface area contributed by atoms with Gasteiger partial charge < -0.3 is 15.6 Å². The first kappa shape index (κ1) is 18.1. The lowest BCUT2D eigenvalue weighted by Crippen LogP contribution is -2.32. The molecule has 0 heterocycles. The molecule has 0 radical (unpaired) electrons. The molecule has 0 fully saturated rings. The zero-order valence-electron chi connectivity index (χ0n) is 11.5. The minimum Gasteiger partial charge on any atom is -0.481 e. The van der Waals surface area contributed by atoms with Gasteiger partial charge in [-0.05, 0) is 33.6 Å². The monoisotopic (exact) mass is 295 g/mol. The van der Waals surface area contributed by atoms with Crippen LogP contribution in [0.15, 0.2) is 0 Å². The van der Waals surface area contributed by atoms with E-state index in [2.05, 4.69) is 13.8 Å². The maximum atomic E-state index is 10.3. The average Bonchev–Trinajstić information content (AvgIpc) is 2.25. The quantitative estimate of drug-likeness (QED) is 0.451. The molecule has 0 saturated carbocycles. The van der Waals surface area contributed by atoms with Crippen molar-refractivity contribution in [3.8, 4) is 0 Å². The molecule has 1 unspecified atom stereocenters. The van der Waals surface area contributed by atoms with E-state index in [1.807, 2.05) is 6.92 Å². The van der Waals surface area contributed by atoms with E-state index in [-0.39, 0.29) is 18.1 Å². The van der Waals surface area contributed by atoms with E-state index in [1.54, 1.807) is 21.6 Å². The van der Waals surface area contributed by atoms with Gasteiger partial charge in [-0.15, -0.1) is 0 Å². The third kappa shape index (κ3) is 12.5. The van der Waals surface area contributed by atoms with E-state index in [4.69, 9.17) is 15.6 Å². The number of rotatable bonds is 11.